The van der Waals surface area contributed by atoms with Crippen LogP contribution in [0.4, 0.5) is 0 Å². The van der Waals surface area contributed by atoms with Crippen LogP contribution in [0.25, 0.3) is 23.2 Å². The van der Waals surface area contributed by atoms with E-state index in [9.17, 15) is 9.90 Å². The number of aliphatic hydroxyl groups excluding tert-OH is 1. The second-order valence-electron chi connectivity index (χ2n) is 14.4. The summed E-state index contributed by atoms with van der Waals surface area (Å²) in [5, 5.41) is 11.3. The Balaban J connectivity index is 1.59. The molecule has 0 atom stereocenters. The molecule has 2 aliphatic rings. The van der Waals surface area contributed by atoms with Gasteiger partial charge in [-0.25, -0.2) is 4.42 Å². The van der Waals surface area contributed by atoms with Crippen LogP contribution >= 0.6 is 0 Å². The van der Waals surface area contributed by atoms with Gasteiger partial charge in [0.2, 0.25) is 17.3 Å². The molecule has 52 heavy (non-hydrogen) atoms. The van der Waals surface area contributed by atoms with Gasteiger partial charge in [-0.2, -0.15) is 0 Å². The van der Waals surface area contributed by atoms with Crippen molar-refractivity contribution in [3.63, 3.8) is 0 Å². The SMILES string of the molecule is COc1cc(C2=CC(=CC3=C(O)C(=Cc4cc(-c5cc(OC)c(OC)c(OC)c5)[o+]c(C(C)(C)C)c4)C3=O)C=C(C(C)(C)C)O2)cc(OC)c1OC. The van der Waals surface area contributed by atoms with Crippen LogP contribution in [0, 0.1) is 5.41 Å². The number of methoxy groups -OCH3 is 6. The summed E-state index contributed by atoms with van der Waals surface area (Å²) < 4.78 is 46.0. The maximum atomic E-state index is 13.7. The molecular formula is C42H47O10+. The van der Waals surface area contributed by atoms with Crippen LogP contribution in [0.1, 0.15) is 58.4 Å². The van der Waals surface area contributed by atoms with Crippen LogP contribution in [0.3, 0.4) is 0 Å². The van der Waals surface area contributed by atoms with Gasteiger partial charge in [-0.1, -0.05) is 20.8 Å². The maximum absolute atomic E-state index is 13.7. The van der Waals surface area contributed by atoms with E-state index in [4.69, 9.17) is 37.6 Å². The summed E-state index contributed by atoms with van der Waals surface area (Å²) in [4.78, 5) is 13.7. The predicted octanol–water partition coefficient (Wildman–Crippen LogP) is 9.28. The minimum atomic E-state index is -0.372. The number of ketones is 1. The normalized spacial score (nSPS) is 16.2. The monoisotopic (exact) mass is 711 g/mol. The van der Waals surface area contributed by atoms with Crippen LogP contribution in [0.5, 0.6) is 34.5 Å². The zero-order chi connectivity index (χ0) is 38.1. The summed E-state index contributed by atoms with van der Waals surface area (Å²) in [5.41, 5.74) is 2.34. The molecule has 0 saturated heterocycles. The number of aliphatic hydroxyl groups is 1. The highest BCUT2D eigenvalue weighted by atomic mass is 16.5. The lowest BCUT2D eigenvalue weighted by Gasteiger charge is -2.28. The zero-order valence-electron chi connectivity index (χ0n) is 31.9. The van der Waals surface area contributed by atoms with Gasteiger partial charge < -0.3 is 38.3 Å². The van der Waals surface area contributed by atoms with Gasteiger partial charge in [-0.05, 0) is 68.3 Å². The smallest absolute Gasteiger partial charge is 0.361 e. The molecule has 10 nitrogen and oxygen atoms in total. The van der Waals surface area contributed by atoms with E-state index in [1.54, 1.807) is 79.1 Å². The average Bonchev–Trinajstić information content (AvgIpc) is 3.13. The molecule has 0 radical (unpaired) electrons. The Morgan fingerprint density at radius 2 is 1.17 bits per heavy atom. The number of hydrogen-bond acceptors (Lipinski definition) is 9. The topological polar surface area (TPSA) is 113 Å². The molecular weight excluding hydrogens is 664 g/mol. The lowest BCUT2D eigenvalue weighted by atomic mass is 9.84. The third kappa shape index (κ3) is 7.37. The molecule has 1 aliphatic carbocycles. The standard InChI is InChI=1S/C42H46O10/c1-41(2,3)35-17-23(15-29(51-35)25-19-31(45-7)39(49-11)32(20-25)46-8)13-27-37(43)28(38(27)44)14-24-16-30(52-36(18-24)42(4,5)6)26-21-33(47-9)40(50-12)34(22-26)48-10/h13-22H,1-12H3/p+1. The van der Waals surface area contributed by atoms with Gasteiger partial charge in [0, 0.05) is 29.2 Å². The molecule has 0 spiro atoms. The van der Waals surface area contributed by atoms with Crippen LogP contribution < -0.4 is 28.4 Å². The highest BCUT2D eigenvalue weighted by Gasteiger charge is 2.35. The molecule has 274 valence electrons. The van der Waals surface area contributed by atoms with E-state index in [-0.39, 0.29) is 33.5 Å². The Morgan fingerprint density at radius 3 is 1.62 bits per heavy atom. The van der Waals surface area contributed by atoms with Crippen molar-refractivity contribution >= 4 is 17.6 Å². The van der Waals surface area contributed by atoms with Gasteiger partial charge in [-0.3, -0.25) is 4.79 Å². The first-order valence-electron chi connectivity index (χ1n) is 16.7. The van der Waals surface area contributed by atoms with E-state index in [1.165, 1.54) is 0 Å². The fourth-order valence-corrected chi connectivity index (χ4v) is 5.72. The largest absolute Gasteiger partial charge is 0.506 e. The maximum Gasteiger partial charge on any atom is 0.361 e. The fourth-order valence-electron chi connectivity index (χ4n) is 5.72. The number of carbonyl (C=O) groups excluding carboxylic acids is 1. The Morgan fingerprint density at radius 1 is 0.654 bits per heavy atom. The molecule has 1 N–H and O–H groups in total. The number of Topliss-reactive ketones (excluding diaryl/α,β-unsaturated/α-hetero) is 1. The first-order valence-corrected chi connectivity index (χ1v) is 16.7. The Hall–Kier alpha value is -5.64. The molecule has 3 aromatic rings. The summed E-state index contributed by atoms with van der Waals surface area (Å²) >= 11 is 0. The molecule has 0 amide bonds. The van der Waals surface area contributed by atoms with Crippen LogP contribution in [-0.2, 0) is 14.9 Å². The van der Waals surface area contributed by atoms with E-state index >= 15 is 0 Å². The van der Waals surface area contributed by atoms with Crippen molar-refractivity contribution in [1.82, 2.24) is 0 Å². The second kappa shape index (κ2) is 14.5. The molecule has 0 saturated carbocycles. The average molecular weight is 712 g/mol. The fraction of sp³-hybridized carbons (Fsp3) is 0.333. The molecule has 0 fully saturated rings. The number of carbonyl (C=O) groups is 1. The molecule has 1 aliphatic heterocycles. The Bertz CT molecular complexity index is 2010. The van der Waals surface area contributed by atoms with Crippen LogP contribution in [0.2, 0.25) is 0 Å². The Labute approximate surface area is 305 Å². The number of hydrogen-bond donors (Lipinski definition) is 1. The summed E-state index contributed by atoms with van der Waals surface area (Å²) in [6.07, 6.45) is 7.02. The summed E-state index contributed by atoms with van der Waals surface area (Å²) in [7, 11) is 9.28. The van der Waals surface area contributed by atoms with Gasteiger partial charge in [0.15, 0.2) is 23.0 Å². The van der Waals surface area contributed by atoms with E-state index in [0.717, 1.165) is 0 Å². The first-order chi connectivity index (χ1) is 24.6. The van der Waals surface area contributed by atoms with Gasteiger partial charge in [0.1, 0.15) is 17.3 Å². The molecule has 2 aromatic carbocycles. The van der Waals surface area contributed by atoms with Crippen molar-refractivity contribution in [3.8, 4) is 45.8 Å². The van der Waals surface area contributed by atoms with Gasteiger partial charge in [-0.15, -0.1) is 0 Å². The minimum absolute atomic E-state index is 0.107. The minimum Gasteiger partial charge on any atom is -0.506 e. The summed E-state index contributed by atoms with van der Waals surface area (Å²) in [6, 6.07) is 10.9. The number of benzene rings is 2. The lowest BCUT2D eigenvalue weighted by Crippen LogP contribution is -2.21. The van der Waals surface area contributed by atoms with Crippen LogP contribution in [0.15, 0.2) is 87.3 Å². The molecule has 0 bridgehead atoms. The highest BCUT2D eigenvalue weighted by molar-refractivity contribution is 6.23. The lowest BCUT2D eigenvalue weighted by molar-refractivity contribution is -0.113. The summed E-state index contributed by atoms with van der Waals surface area (Å²) in [6.45, 7) is 12.2. The van der Waals surface area contributed by atoms with Gasteiger partial charge in [0.05, 0.1) is 70.8 Å². The molecule has 0 unspecified atom stereocenters. The van der Waals surface area contributed by atoms with Crippen molar-refractivity contribution < 1.29 is 47.5 Å². The number of rotatable bonds is 10. The van der Waals surface area contributed by atoms with Crippen molar-refractivity contribution in [2.45, 2.75) is 47.0 Å². The molecule has 5 rings (SSSR count). The Kier molecular flexibility index (Phi) is 10.5. The van der Waals surface area contributed by atoms with E-state index < -0.39 is 0 Å². The van der Waals surface area contributed by atoms with Crippen molar-refractivity contribution in [2.75, 3.05) is 42.7 Å². The summed E-state index contributed by atoms with van der Waals surface area (Å²) in [5.74, 6) is 4.79. The molecule has 1 aromatic heterocycles. The van der Waals surface area contributed by atoms with Crippen molar-refractivity contribution in [1.29, 1.82) is 0 Å². The zero-order valence-corrected chi connectivity index (χ0v) is 31.9. The number of ether oxygens (including phenoxy) is 7. The first kappa shape index (κ1) is 37.6. The third-order valence-corrected chi connectivity index (χ3v) is 8.63. The third-order valence-electron chi connectivity index (χ3n) is 8.63. The van der Waals surface area contributed by atoms with Crippen molar-refractivity contribution in [3.05, 3.63) is 99.8 Å². The predicted molar refractivity (Wildman–Crippen MR) is 200 cm³/mol. The van der Waals surface area contributed by atoms with Crippen LogP contribution in [-0.4, -0.2) is 53.5 Å². The van der Waals surface area contributed by atoms with Gasteiger partial charge >= 0.3 is 11.5 Å². The highest BCUT2D eigenvalue weighted by Crippen LogP contribution is 2.45. The quantitative estimate of drug-likeness (QED) is 0.161. The van der Waals surface area contributed by atoms with Gasteiger partial charge in [0.25, 0.3) is 0 Å². The van der Waals surface area contributed by atoms with E-state index in [0.29, 0.717) is 79.8 Å². The van der Waals surface area contributed by atoms with Crippen molar-refractivity contribution in [2.24, 2.45) is 5.41 Å². The van der Waals surface area contributed by atoms with E-state index in [1.807, 2.05) is 65.8 Å². The molecule has 2 heterocycles. The number of allylic oxidation sites excluding steroid dienone is 7. The van der Waals surface area contributed by atoms with E-state index in [2.05, 4.69) is 0 Å². The molecule has 10 heteroatoms. The second-order valence-corrected chi connectivity index (χ2v) is 14.4.